The third-order valence-corrected chi connectivity index (χ3v) is 2.66. The van der Waals surface area contributed by atoms with Crippen molar-refractivity contribution < 1.29 is 5.11 Å². The van der Waals surface area contributed by atoms with Crippen LogP contribution in [0.4, 0.5) is 0 Å². The van der Waals surface area contributed by atoms with E-state index in [0.29, 0.717) is 5.92 Å². The molecule has 0 aromatic heterocycles. The van der Waals surface area contributed by atoms with E-state index < -0.39 is 0 Å². The van der Waals surface area contributed by atoms with Gasteiger partial charge in [-0.25, -0.2) is 0 Å². The zero-order valence-corrected chi connectivity index (χ0v) is 10.4. The Labute approximate surface area is 106 Å². The maximum atomic E-state index is 9.35. The summed E-state index contributed by atoms with van der Waals surface area (Å²) in [5.41, 5.74) is 0. The first kappa shape index (κ1) is 11.6. The Morgan fingerprint density at radius 1 is 1.20 bits per heavy atom. The van der Waals surface area contributed by atoms with Crippen molar-refractivity contribution in [1.29, 1.82) is 0 Å². The minimum atomic E-state index is -0.0197. The molecule has 1 N–H and O–H groups in total. The molecule has 0 aromatic carbocycles. The average Bonchev–Trinajstić information content (AvgIpc) is 1.83. The van der Waals surface area contributed by atoms with Gasteiger partial charge in [-0.1, -0.05) is 26.7 Å². The number of rotatable bonds is 0. The molecule has 3 unspecified atom stereocenters. The first-order chi connectivity index (χ1) is 4.22. The summed E-state index contributed by atoms with van der Waals surface area (Å²) in [7, 11) is 0. The molecule has 0 bridgehead atoms. The van der Waals surface area contributed by atoms with E-state index in [1.54, 1.807) is 0 Å². The minimum Gasteiger partial charge on any atom is -0.393 e. The molecule has 1 radical (unpaired) electrons. The van der Waals surface area contributed by atoms with Gasteiger partial charge in [0.1, 0.15) is 0 Å². The van der Waals surface area contributed by atoms with E-state index in [1.165, 1.54) is 12.8 Å². The average molecular weight is 167 g/mol. The van der Waals surface area contributed by atoms with Crippen molar-refractivity contribution in [2.24, 2.45) is 11.8 Å². The van der Waals surface area contributed by atoms with Crippen LogP contribution in [0.1, 0.15) is 33.1 Å². The van der Waals surface area contributed by atoms with Crippen LogP contribution in [0.3, 0.4) is 0 Å². The second kappa shape index (κ2) is 5.28. The quantitative estimate of drug-likeness (QED) is 0.541. The van der Waals surface area contributed by atoms with Crippen molar-refractivity contribution in [3.63, 3.8) is 0 Å². The maximum Gasteiger partial charge on any atom is 0.0568 e. The summed E-state index contributed by atoms with van der Waals surface area (Å²) in [6, 6.07) is 0. The number of aliphatic hydroxyl groups excluding tert-OH is 1. The van der Waals surface area contributed by atoms with E-state index in [4.69, 9.17) is 0 Å². The van der Waals surface area contributed by atoms with Gasteiger partial charge in [-0.2, -0.15) is 0 Å². The normalized spacial score (nSPS) is 40.5. The standard InChI is InChI=1S/C8H16O.K/c1-6-4-3-5-8(9)7(6)2;/h6-9H,3-5H2,1-2H3;. The molecular formula is C8H16KO. The Kier molecular flexibility index (Phi) is 6.12. The Balaban J connectivity index is 0.000000810. The van der Waals surface area contributed by atoms with Gasteiger partial charge in [0.15, 0.2) is 0 Å². The third kappa shape index (κ3) is 2.92. The van der Waals surface area contributed by atoms with Gasteiger partial charge in [0.2, 0.25) is 0 Å². The van der Waals surface area contributed by atoms with Crippen LogP contribution in [0.2, 0.25) is 0 Å². The zero-order chi connectivity index (χ0) is 6.85. The molecule has 1 nitrogen and oxygen atoms in total. The summed E-state index contributed by atoms with van der Waals surface area (Å²) in [5, 5.41) is 9.35. The van der Waals surface area contributed by atoms with Gasteiger partial charge < -0.3 is 5.11 Å². The molecule has 3 atom stereocenters. The molecule has 0 heterocycles. The van der Waals surface area contributed by atoms with Crippen molar-refractivity contribution in [3.05, 3.63) is 0 Å². The van der Waals surface area contributed by atoms with Crippen LogP contribution < -0.4 is 0 Å². The Morgan fingerprint density at radius 2 is 1.80 bits per heavy atom. The van der Waals surface area contributed by atoms with Crippen LogP contribution in [-0.2, 0) is 0 Å². The first-order valence-corrected chi connectivity index (χ1v) is 3.90. The van der Waals surface area contributed by atoms with E-state index in [9.17, 15) is 5.11 Å². The summed E-state index contributed by atoms with van der Waals surface area (Å²) < 4.78 is 0. The fourth-order valence-corrected chi connectivity index (χ4v) is 1.55. The molecule has 1 fully saturated rings. The summed E-state index contributed by atoms with van der Waals surface area (Å²) in [5.74, 6) is 1.26. The van der Waals surface area contributed by atoms with Crippen LogP contribution >= 0.6 is 0 Å². The number of hydrogen-bond donors (Lipinski definition) is 1. The molecule has 0 aromatic rings. The molecular weight excluding hydrogens is 151 g/mol. The van der Waals surface area contributed by atoms with Gasteiger partial charge in [0, 0.05) is 51.4 Å². The van der Waals surface area contributed by atoms with Crippen LogP contribution in [0.25, 0.3) is 0 Å². The summed E-state index contributed by atoms with van der Waals surface area (Å²) in [6.45, 7) is 4.38. The van der Waals surface area contributed by atoms with E-state index >= 15 is 0 Å². The summed E-state index contributed by atoms with van der Waals surface area (Å²) >= 11 is 0. The topological polar surface area (TPSA) is 20.2 Å². The predicted molar refractivity (Wildman–Crippen MR) is 43.9 cm³/mol. The van der Waals surface area contributed by atoms with Crippen molar-refractivity contribution in [2.45, 2.75) is 39.2 Å². The molecule has 0 amide bonds. The predicted octanol–water partition coefficient (Wildman–Crippen LogP) is 1.42. The Morgan fingerprint density at radius 3 is 2.20 bits per heavy atom. The molecule has 0 spiro atoms. The molecule has 1 saturated carbocycles. The fourth-order valence-electron chi connectivity index (χ4n) is 1.55. The van der Waals surface area contributed by atoms with Gasteiger partial charge in [0.25, 0.3) is 0 Å². The van der Waals surface area contributed by atoms with Crippen molar-refractivity contribution >= 4 is 51.4 Å². The molecule has 10 heavy (non-hydrogen) atoms. The molecule has 0 aliphatic heterocycles. The Hall–Kier alpha value is 1.60. The van der Waals surface area contributed by atoms with Gasteiger partial charge >= 0.3 is 0 Å². The summed E-state index contributed by atoms with van der Waals surface area (Å²) in [6.07, 6.45) is 3.52. The summed E-state index contributed by atoms with van der Waals surface area (Å²) in [4.78, 5) is 0. The zero-order valence-electron chi connectivity index (χ0n) is 7.30. The first-order valence-electron chi connectivity index (χ1n) is 3.90. The fraction of sp³-hybridized carbons (Fsp3) is 1.00. The van der Waals surface area contributed by atoms with Crippen LogP contribution in [0, 0.1) is 11.8 Å². The van der Waals surface area contributed by atoms with E-state index in [0.717, 1.165) is 12.3 Å². The molecule has 1 rings (SSSR count). The van der Waals surface area contributed by atoms with Gasteiger partial charge in [-0.05, 0) is 18.3 Å². The van der Waals surface area contributed by atoms with Gasteiger partial charge in [-0.15, -0.1) is 0 Å². The SMILES string of the molecule is CC1CCCC(O)C1C.[K]. The molecule has 0 saturated heterocycles. The van der Waals surface area contributed by atoms with Gasteiger partial charge in [0.05, 0.1) is 6.10 Å². The third-order valence-electron chi connectivity index (χ3n) is 2.66. The van der Waals surface area contributed by atoms with E-state index in [-0.39, 0.29) is 57.5 Å². The Bertz CT molecular complexity index is 85.3. The monoisotopic (exact) mass is 167 g/mol. The molecule has 1 aliphatic carbocycles. The van der Waals surface area contributed by atoms with E-state index in [2.05, 4.69) is 13.8 Å². The van der Waals surface area contributed by atoms with Crippen molar-refractivity contribution in [2.75, 3.05) is 0 Å². The molecule has 1 aliphatic rings. The smallest absolute Gasteiger partial charge is 0.0568 e. The van der Waals surface area contributed by atoms with Crippen molar-refractivity contribution in [1.82, 2.24) is 0 Å². The minimum absolute atomic E-state index is 0. The molecule has 2 heteroatoms. The molecule has 55 valence electrons. The van der Waals surface area contributed by atoms with Crippen LogP contribution in [0.5, 0.6) is 0 Å². The van der Waals surface area contributed by atoms with Crippen molar-refractivity contribution in [3.8, 4) is 0 Å². The number of aliphatic hydroxyl groups is 1. The number of hydrogen-bond acceptors (Lipinski definition) is 1. The largest absolute Gasteiger partial charge is 0.393 e. The van der Waals surface area contributed by atoms with Gasteiger partial charge in [-0.3, -0.25) is 0 Å². The second-order valence-corrected chi connectivity index (χ2v) is 3.33. The second-order valence-electron chi connectivity index (χ2n) is 3.33. The van der Waals surface area contributed by atoms with Crippen LogP contribution in [-0.4, -0.2) is 62.6 Å². The van der Waals surface area contributed by atoms with Crippen LogP contribution in [0.15, 0.2) is 0 Å². The van der Waals surface area contributed by atoms with E-state index in [1.807, 2.05) is 0 Å². The maximum absolute atomic E-state index is 9.35.